The van der Waals surface area contributed by atoms with Crippen molar-refractivity contribution in [3.05, 3.63) is 35.7 Å². The first-order valence-corrected chi connectivity index (χ1v) is 11.4. The van der Waals surface area contributed by atoms with Crippen LogP contribution in [0.25, 0.3) is 16.6 Å². The van der Waals surface area contributed by atoms with E-state index < -0.39 is 11.9 Å². The molecule has 2 unspecified atom stereocenters. The van der Waals surface area contributed by atoms with Crippen molar-refractivity contribution in [2.75, 3.05) is 30.8 Å². The molecule has 3 N–H and O–H groups in total. The van der Waals surface area contributed by atoms with Gasteiger partial charge in [-0.15, -0.1) is 5.10 Å². The Bertz CT molecular complexity index is 1360. The second-order valence-corrected chi connectivity index (χ2v) is 9.01. The first-order valence-electron chi connectivity index (χ1n) is 11.4. The van der Waals surface area contributed by atoms with Crippen LogP contribution in [-0.4, -0.2) is 60.8 Å². The number of halogens is 1. The molecule has 0 saturated carbocycles. The SMILES string of the molecule is COc1cc(F)cc2c1nc(N)n1nc([C@@H]3CCCN(c4cnn(C(C)C(C)O)c4C)C3)nc21. The number of anilines is 2. The van der Waals surface area contributed by atoms with Gasteiger partial charge in [-0.1, -0.05) is 0 Å². The minimum absolute atomic E-state index is 0.0653. The number of piperidine rings is 1. The summed E-state index contributed by atoms with van der Waals surface area (Å²) in [4.78, 5) is 11.5. The zero-order valence-corrected chi connectivity index (χ0v) is 19.7. The minimum Gasteiger partial charge on any atom is -0.494 e. The smallest absolute Gasteiger partial charge is 0.223 e. The van der Waals surface area contributed by atoms with Crippen LogP contribution in [0.5, 0.6) is 5.75 Å². The lowest BCUT2D eigenvalue weighted by Crippen LogP contribution is -2.35. The van der Waals surface area contributed by atoms with Crippen molar-refractivity contribution >= 4 is 28.2 Å². The second-order valence-electron chi connectivity index (χ2n) is 9.01. The van der Waals surface area contributed by atoms with Crippen LogP contribution in [-0.2, 0) is 0 Å². The molecular formula is C23H29FN8O2. The maximum absolute atomic E-state index is 14.2. The van der Waals surface area contributed by atoms with Crippen LogP contribution in [0.15, 0.2) is 18.3 Å². The Labute approximate surface area is 196 Å². The number of methoxy groups -OCH3 is 1. The van der Waals surface area contributed by atoms with Gasteiger partial charge < -0.3 is 20.5 Å². The number of nitrogens with zero attached hydrogens (tertiary/aromatic N) is 7. The molecule has 1 aromatic carbocycles. The Balaban J connectivity index is 1.50. The Morgan fingerprint density at radius 3 is 2.79 bits per heavy atom. The molecule has 180 valence electrons. The maximum atomic E-state index is 14.2. The normalized spacial score (nSPS) is 18.5. The maximum Gasteiger partial charge on any atom is 0.223 e. The summed E-state index contributed by atoms with van der Waals surface area (Å²) < 4.78 is 22.9. The summed E-state index contributed by atoms with van der Waals surface area (Å²) in [5, 5.41) is 19.7. The standard InChI is InChI=1S/C23H29FN8O2/c1-12(14(3)33)31-13(2)18(10-26-31)30-7-5-6-15(11-30)21-28-22-17-8-16(24)9-19(34-4)20(17)27-23(25)32(22)29-21/h8-10,12,14-15,33H,5-7,11H2,1-4H3,(H2,25,27)/t12?,14?,15-/m1/s1. The molecule has 0 radical (unpaired) electrons. The number of hydrogen-bond donors (Lipinski definition) is 2. The molecule has 1 aliphatic heterocycles. The summed E-state index contributed by atoms with van der Waals surface area (Å²) in [6.07, 6.45) is 3.25. The van der Waals surface area contributed by atoms with E-state index in [9.17, 15) is 9.50 Å². The van der Waals surface area contributed by atoms with E-state index in [1.165, 1.54) is 23.8 Å². The summed E-state index contributed by atoms with van der Waals surface area (Å²) in [7, 11) is 1.47. The minimum atomic E-state index is -0.500. The summed E-state index contributed by atoms with van der Waals surface area (Å²) in [5.41, 5.74) is 9.15. The number of fused-ring (bicyclic) bond motifs is 3. The molecule has 1 fully saturated rings. The first kappa shape index (κ1) is 22.3. The Morgan fingerprint density at radius 1 is 1.26 bits per heavy atom. The van der Waals surface area contributed by atoms with Crippen LogP contribution >= 0.6 is 0 Å². The van der Waals surface area contributed by atoms with Gasteiger partial charge in [-0.3, -0.25) is 4.68 Å². The van der Waals surface area contributed by atoms with E-state index in [1.807, 2.05) is 24.7 Å². The van der Waals surface area contributed by atoms with Gasteiger partial charge in [0.1, 0.15) is 17.1 Å². The molecule has 0 amide bonds. The van der Waals surface area contributed by atoms with E-state index in [4.69, 9.17) is 15.5 Å². The van der Waals surface area contributed by atoms with Crippen LogP contribution < -0.4 is 15.4 Å². The van der Waals surface area contributed by atoms with Crippen LogP contribution in [0.1, 0.15) is 50.2 Å². The number of benzene rings is 1. The average Bonchev–Trinajstić information content (AvgIpc) is 3.44. The van der Waals surface area contributed by atoms with Gasteiger partial charge in [0.15, 0.2) is 11.5 Å². The largest absolute Gasteiger partial charge is 0.494 e. The highest BCUT2D eigenvalue weighted by Gasteiger charge is 2.28. The molecule has 4 heterocycles. The third-order valence-electron chi connectivity index (χ3n) is 6.80. The van der Waals surface area contributed by atoms with E-state index in [0.717, 1.165) is 37.3 Å². The van der Waals surface area contributed by atoms with Gasteiger partial charge in [-0.05, 0) is 39.7 Å². The van der Waals surface area contributed by atoms with Gasteiger partial charge in [0.2, 0.25) is 5.95 Å². The highest BCUT2D eigenvalue weighted by molar-refractivity contribution is 5.95. The highest BCUT2D eigenvalue weighted by atomic mass is 19.1. The Kier molecular flexibility index (Phi) is 5.51. The van der Waals surface area contributed by atoms with Crippen molar-refractivity contribution in [2.24, 2.45) is 0 Å². The summed E-state index contributed by atoms with van der Waals surface area (Å²) in [5.74, 6) is 0.747. The number of aliphatic hydroxyl groups excluding tert-OH is 1. The number of hydrogen-bond acceptors (Lipinski definition) is 8. The number of nitrogen functional groups attached to an aromatic ring is 1. The monoisotopic (exact) mass is 468 g/mol. The van der Waals surface area contributed by atoms with Gasteiger partial charge in [-0.2, -0.15) is 9.61 Å². The number of rotatable bonds is 5. The fourth-order valence-electron chi connectivity index (χ4n) is 4.76. The van der Waals surface area contributed by atoms with E-state index in [1.54, 1.807) is 6.92 Å². The molecule has 4 aromatic rings. The van der Waals surface area contributed by atoms with E-state index >= 15 is 0 Å². The number of nitrogens with two attached hydrogens (primary N) is 1. The van der Waals surface area contributed by atoms with Crippen molar-refractivity contribution in [1.29, 1.82) is 0 Å². The third-order valence-corrected chi connectivity index (χ3v) is 6.80. The van der Waals surface area contributed by atoms with Crippen LogP contribution in [0.3, 0.4) is 0 Å². The zero-order valence-electron chi connectivity index (χ0n) is 19.7. The van der Waals surface area contributed by atoms with Gasteiger partial charge in [0.25, 0.3) is 0 Å². The molecule has 11 heteroatoms. The molecule has 3 aromatic heterocycles. The zero-order chi connectivity index (χ0) is 24.1. The molecule has 5 rings (SSSR count). The molecule has 0 bridgehead atoms. The third kappa shape index (κ3) is 3.60. The highest BCUT2D eigenvalue weighted by Crippen LogP contribution is 2.33. The Morgan fingerprint density at radius 2 is 2.06 bits per heavy atom. The quantitative estimate of drug-likeness (QED) is 0.459. The van der Waals surface area contributed by atoms with Crippen molar-refractivity contribution in [3.63, 3.8) is 0 Å². The Hall–Kier alpha value is -3.47. The number of aliphatic hydroxyl groups is 1. The summed E-state index contributed by atoms with van der Waals surface area (Å²) in [6, 6.07) is 2.55. The molecule has 1 aliphatic rings. The average molecular weight is 469 g/mol. The number of aromatic nitrogens is 6. The summed E-state index contributed by atoms with van der Waals surface area (Å²) >= 11 is 0. The molecule has 0 spiro atoms. The topological polar surface area (TPSA) is 120 Å². The molecule has 10 nitrogen and oxygen atoms in total. The fourth-order valence-corrected chi connectivity index (χ4v) is 4.76. The lowest BCUT2D eigenvalue weighted by atomic mass is 9.97. The molecule has 0 aliphatic carbocycles. The summed E-state index contributed by atoms with van der Waals surface area (Å²) in [6.45, 7) is 7.36. The second kappa shape index (κ2) is 8.39. The molecule has 34 heavy (non-hydrogen) atoms. The van der Waals surface area contributed by atoms with Crippen molar-refractivity contribution in [1.82, 2.24) is 29.4 Å². The lowest BCUT2D eigenvalue weighted by molar-refractivity contribution is 0.131. The molecule has 3 atom stereocenters. The van der Waals surface area contributed by atoms with E-state index in [-0.39, 0.29) is 17.9 Å². The van der Waals surface area contributed by atoms with Gasteiger partial charge in [-0.25, -0.2) is 14.4 Å². The van der Waals surface area contributed by atoms with Gasteiger partial charge >= 0.3 is 0 Å². The van der Waals surface area contributed by atoms with Crippen molar-refractivity contribution < 1.29 is 14.2 Å². The number of ether oxygens (including phenoxy) is 1. The van der Waals surface area contributed by atoms with E-state index in [2.05, 4.69) is 20.1 Å². The van der Waals surface area contributed by atoms with Crippen molar-refractivity contribution in [3.8, 4) is 5.75 Å². The predicted molar refractivity (Wildman–Crippen MR) is 127 cm³/mol. The van der Waals surface area contributed by atoms with Crippen LogP contribution in [0, 0.1) is 12.7 Å². The van der Waals surface area contributed by atoms with E-state index in [0.29, 0.717) is 28.1 Å². The lowest BCUT2D eigenvalue weighted by Gasteiger charge is -2.33. The first-order chi connectivity index (χ1) is 16.3. The molecule has 1 saturated heterocycles. The van der Waals surface area contributed by atoms with Crippen molar-refractivity contribution in [2.45, 2.75) is 51.7 Å². The van der Waals surface area contributed by atoms with Gasteiger partial charge in [0, 0.05) is 25.1 Å². The fraction of sp³-hybridized carbons (Fsp3) is 0.478. The van der Waals surface area contributed by atoms with Crippen LogP contribution in [0.2, 0.25) is 0 Å². The molecular weight excluding hydrogens is 439 g/mol. The predicted octanol–water partition coefficient (Wildman–Crippen LogP) is 2.84. The van der Waals surface area contributed by atoms with Crippen LogP contribution in [0.4, 0.5) is 16.0 Å². The van der Waals surface area contributed by atoms with Gasteiger partial charge in [0.05, 0.1) is 42.2 Å².